The van der Waals surface area contributed by atoms with E-state index >= 15 is 0 Å². The van der Waals surface area contributed by atoms with E-state index in [1.807, 2.05) is 15.9 Å². The average Bonchev–Trinajstić information content (AvgIpc) is 3.22. The van der Waals surface area contributed by atoms with Crippen molar-refractivity contribution < 1.29 is 14.3 Å². The van der Waals surface area contributed by atoms with Gasteiger partial charge in [-0.25, -0.2) is 0 Å². The zero-order valence-corrected chi connectivity index (χ0v) is 11.8. The minimum absolute atomic E-state index is 0.00186. The first kappa shape index (κ1) is 12.9. The molecule has 2 amide bonds. The van der Waals surface area contributed by atoms with Crippen LogP contribution in [0.2, 0.25) is 0 Å². The second kappa shape index (κ2) is 4.87. The summed E-state index contributed by atoms with van der Waals surface area (Å²) < 4.78 is 5.30. The second-order valence-corrected chi connectivity index (χ2v) is 6.07. The summed E-state index contributed by atoms with van der Waals surface area (Å²) in [5, 5.41) is 0. The van der Waals surface area contributed by atoms with Crippen LogP contribution in [0.1, 0.15) is 16.9 Å². The van der Waals surface area contributed by atoms with Gasteiger partial charge in [-0.2, -0.15) is 0 Å². The van der Waals surface area contributed by atoms with Crippen molar-refractivity contribution in [1.82, 2.24) is 14.8 Å². The molecule has 1 aromatic rings. The number of carbonyl (C=O) groups is 2. The van der Waals surface area contributed by atoms with Crippen LogP contribution in [0.25, 0.3) is 0 Å². The Morgan fingerprint density at radius 1 is 1.29 bits per heavy atom. The first-order valence-electron chi connectivity index (χ1n) is 7.56. The lowest BCUT2D eigenvalue weighted by atomic mass is 9.73. The van der Waals surface area contributed by atoms with E-state index in [2.05, 4.69) is 4.98 Å². The Labute approximate surface area is 123 Å². The Hall–Kier alpha value is -1.82. The maximum Gasteiger partial charge on any atom is 0.270 e. The molecule has 4 fully saturated rings. The molecule has 3 saturated heterocycles. The van der Waals surface area contributed by atoms with Crippen molar-refractivity contribution in [2.24, 2.45) is 11.8 Å². The smallest absolute Gasteiger partial charge is 0.270 e. The molecule has 0 aromatic carbocycles. The molecule has 2 bridgehead atoms. The highest BCUT2D eigenvalue weighted by Gasteiger charge is 2.57. The molecule has 1 saturated carbocycles. The summed E-state index contributed by atoms with van der Waals surface area (Å²) >= 11 is 0. The molecule has 4 heterocycles. The van der Waals surface area contributed by atoms with Gasteiger partial charge in [0.15, 0.2) is 0 Å². The molecule has 6 heteroatoms. The Morgan fingerprint density at radius 2 is 2.10 bits per heavy atom. The maximum absolute atomic E-state index is 12.6. The van der Waals surface area contributed by atoms with Crippen LogP contribution >= 0.6 is 0 Å². The first-order chi connectivity index (χ1) is 10.3. The summed E-state index contributed by atoms with van der Waals surface area (Å²) in [5.74, 6) is 0.567. The van der Waals surface area contributed by atoms with Gasteiger partial charge in [-0.3, -0.25) is 9.59 Å². The number of aromatic nitrogens is 1. The third-order valence-electron chi connectivity index (χ3n) is 5.00. The highest BCUT2D eigenvalue weighted by atomic mass is 16.5. The van der Waals surface area contributed by atoms with Crippen LogP contribution in [0.3, 0.4) is 0 Å². The number of aromatic amines is 1. The number of fused-ring (bicyclic) bond motifs is 1. The fourth-order valence-electron chi connectivity index (χ4n) is 3.83. The van der Waals surface area contributed by atoms with Crippen LogP contribution in [0.4, 0.5) is 0 Å². The van der Waals surface area contributed by atoms with E-state index in [1.54, 1.807) is 12.3 Å². The first-order valence-corrected chi connectivity index (χ1v) is 7.56. The minimum atomic E-state index is 0.00186. The molecule has 4 aliphatic rings. The number of hydrogen-bond acceptors (Lipinski definition) is 3. The lowest BCUT2D eigenvalue weighted by molar-refractivity contribution is -0.144. The van der Waals surface area contributed by atoms with E-state index in [9.17, 15) is 9.59 Å². The predicted molar refractivity (Wildman–Crippen MR) is 74.6 cm³/mol. The number of hydrogen-bond donors (Lipinski definition) is 1. The Bertz CT molecular complexity index is 551. The number of morpholine rings is 1. The van der Waals surface area contributed by atoms with Gasteiger partial charge in [0, 0.05) is 31.9 Å². The van der Waals surface area contributed by atoms with Crippen molar-refractivity contribution in [3.05, 3.63) is 24.0 Å². The number of nitrogens with zero attached hydrogens (tertiary/aromatic N) is 2. The molecule has 0 radical (unpaired) electrons. The van der Waals surface area contributed by atoms with Gasteiger partial charge >= 0.3 is 0 Å². The molecule has 0 spiro atoms. The second-order valence-electron chi connectivity index (χ2n) is 6.07. The Kier molecular flexibility index (Phi) is 2.99. The molecule has 5 rings (SSSR count). The summed E-state index contributed by atoms with van der Waals surface area (Å²) in [5.41, 5.74) is 0.611. The molecule has 1 unspecified atom stereocenters. The topological polar surface area (TPSA) is 65.6 Å². The average molecular weight is 289 g/mol. The van der Waals surface area contributed by atoms with E-state index in [0.717, 1.165) is 6.42 Å². The molecule has 112 valence electrons. The highest BCUT2D eigenvalue weighted by molar-refractivity contribution is 5.94. The quantitative estimate of drug-likeness (QED) is 0.853. The van der Waals surface area contributed by atoms with E-state index in [-0.39, 0.29) is 23.8 Å². The van der Waals surface area contributed by atoms with E-state index < -0.39 is 0 Å². The monoisotopic (exact) mass is 289 g/mol. The molecule has 6 nitrogen and oxygen atoms in total. The van der Waals surface area contributed by atoms with Crippen LogP contribution in [0.5, 0.6) is 0 Å². The number of rotatable bonds is 2. The van der Waals surface area contributed by atoms with Crippen molar-refractivity contribution in [1.29, 1.82) is 0 Å². The number of nitrogens with one attached hydrogen (secondary N) is 1. The molecular formula is C15H19N3O3. The van der Waals surface area contributed by atoms with Crippen molar-refractivity contribution in [3.8, 4) is 0 Å². The van der Waals surface area contributed by atoms with Crippen LogP contribution < -0.4 is 0 Å². The van der Waals surface area contributed by atoms with Gasteiger partial charge in [0.2, 0.25) is 5.91 Å². The fraction of sp³-hybridized carbons (Fsp3) is 0.600. The summed E-state index contributed by atoms with van der Waals surface area (Å²) in [6.07, 6.45) is 2.72. The minimum Gasteiger partial charge on any atom is -0.378 e. The SMILES string of the molecule is O=C(C1[C@@H]2C[C@H]1N(C(=O)c1ccc[nH]1)C2)N1CCOCC1. The fourth-order valence-corrected chi connectivity index (χ4v) is 3.83. The van der Waals surface area contributed by atoms with Crippen LogP contribution in [0, 0.1) is 11.8 Å². The van der Waals surface area contributed by atoms with Gasteiger partial charge < -0.3 is 19.5 Å². The number of amides is 2. The summed E-state index contributed by atoms with van der Waals surface area (Å²) in [4.78, 5) is 31.8. The number of carbonyl (C=O) groups excluding carboxylic acids is 2. The molecule has 3 aliphatic heterocycles. The molecule has 1 aromatic heterocycles. The van der Waals surface area contributed by atoms with E-state index in [4.69, 9.17) is 4.74 Å². The van der Waals surface area contributed by atoms with E-state index in [0.29, 0.717) is 44.5 Å². The third-order valence-corrected chi connectivity index (χ3v) is 5.00. The largest absolute Gasteiger partial charge is 0.378 e. The molecular weight excluding hydrogens is 270 g/mol. The Balaban J connectivity index is 1.46. The summed E-state index contributed by atoms with van der Waals surface area (Å²) in [6.45, 7) is 3.32. The van der Waals surface area contributed by atoms with Gasteiger partial charge in [-0.15, -0.1) is 0 Å². The standard InChI is InChI=1S/C15H19N3O3/c19-14(11-2-1-3-16-11)18-9-10-8-12(18)13(10)15(20)17-4-6-21-7-5-17/h1-3,10,12-13,16H,4-9H2/t10-,12-,13?/m1/s1. The Morgan fingerprint density at radius 3 is 2.81 bits per heavy atom. The predicted octanol–water partition coefficient (Wildman–Crippen LogP) is 0.334. The third kappa shape index (κ3) is 1.97. The number of H-pyrrole nitrogens is 1. The molecule has 3 atom stereocenters. The van der Waals surface area contributed by atoms with Crippen molar-refractivity contribution in [3.63, 3.8) is 0 Å². The van der Waals surface area contributed by atoms with Gasteiger partial charge in [0.25, 0.3) is 5.91 Å². The summed E-state index contributed by atoms with van der Waals surface area (Å²) in [6, 6.07) is 3.70. The normalized spacial score (nSPS) is 31.1. The number of ether oxygens (including phenoxy) is 1. The highest BCUT2D eigenvalue weighted by Crippen LogP contribution is 2.47. The molecule has 1 N–H and O–H groups in total. The van der Waals surface area contributed by atoms with Crippen molar-refractivity contribution in [2.45, 2.75) is 12.5 Å². The zero-order chi connectivity index (χ0) is 14.4. The van der Waals surface area contributed by atoms with Crippen LogP contribution in [0.15, 0.2) is 18.3 Å². The zero-order valence-electron chi connectivity index (χ0n) is 11.8. The molecule has 1 aliphatic carbocycles. The molecule has 21 heavy (non-hydrogen) atoms. The van der Waals surface area contributed by atoms with Crippen LogP contribution in [-0.2, 0) is 9.53 Å². The van der Waals surface area contributed by atoms with Crippen molar-refractivity contribution in [2.75, 3.05) is 32.8 Å². The van der Waals surface area contributed by atoms with Crippen molar-refractivity contribution >= 4 is 11.8 Å². The summed E-state index contributed by atoms with van der Waals surface area (Å²) in [7, 11) is 0. The van der Waals surface area contributed by atoms with Gasteiger partial charge in [0.1, 0.15) is 5.69 Å². The van der Waals surface area contributed by atoms with E-state index in [1.165, 1.54) is 0 Å². The lowest BCUT2D eigenvalue weighted by Gasteiger charge is -2.39. The van der Waals surface area contributed by atoms with Gasteiger partial charge in [-0.1, -0.05) is 0 Å². The van der Waals surface area contributed by atoms with Gasteiger partial charge in [-0.05, 0) is 24.5 Å². The lowest BCUT2D eigenvalue weighted by Crippen LogP contribution is -2.53. The van der Waals surface area contributed by atoms with Crippen LogP contribution in [-0.4, -0.2) is 65.5 Å². The van der Waals surface area contributed by atoms with Gasteiger partial charge in [0.05, 0.1) is 19.1 Å². The maximum atomic E-state index is 12.6.